The van der Waals surface area contributed by atoms with Crippen LogP contribution in [-0.4, -0.2) is 30.0 Å². The molecular formula is C18H20BrNO2. The molecule has 0 unspecified atom stereocenters. The first kappa shape index (κ1) is 15.3. The van der Waals surface area contributed by atoms with Crippen LogP contribution < -0.4 is 4.74 Å². The molecule has 1 amide bonds. The number of hydrogen-bond donors (Lipinski definition) is 0. The molecule has 1 aliphatic heterocycles. The SMILES string of the molecule is C[C@H]1CCCCN1C(=O)COc1ccc2ccccc2c1Br. The Kier molecular flexibility index (Phi) is 4.67. The molecule has 0 radical (unpaired) electrons. The van der Waals surface area contributed by atoms with Crippen molar-refractivity contribution in [2.45, 2.75) is 32.2 Å². The molecule has 0 bridgehead atoms. The highest BCUT2D eigenvalue weighted by molar-refractivity contribution is 9.10. The third-order valence-electron chi connectivity index (χ3n) is 4.30. The Morgan fingerprint density at radius 3 is 2.91 bits per heavy atom. The van der Waals surface area contributed by atoms with Crippen molar-refractivity contribution in [2.75, 3.05) is 13.2 Å². The van der Waals surface area contributed by atoms with Gasteiger partial charge in [-0.05, 0) is 59.0 Å². The average molecular weight is 362 g/mol. The van der Waals surface area contributed by atoms with Gasteiger partial charge in [0.1, 0.15) is 5.75 Å². The quantitative estimate of drug-likeness (QED) is 0.811. The molecule has 3 nitrogen and oxygen atoms in total. The lowest BCUT2D eigenvalue weighted by Gasteiger charge is -2.33. The predicted octanol–water partition coefficient (Wildman–Crippen LogP) is 4.38. The van der Waals surface area contributed by atoms with Crippen molar-refractivity contribution in [1.82, 2.24) is 4.90 Å². The van der Waals surface area contributed by atoms with E-state index in [1.807, 2.05) is 35.2 Å². The minimum Gasteiger partial charge on any atom is -0.483 e. The van der Waals surface area contributed by atoms with Crippen molar-refractivity contribution < 1.29 is 9.53 Å². The Morgan fingerprint density at radius 2 is 2.09 bits per heavy atom. The Bertz CT molecular complexity index is 686. The molecule has 1 fully saturated rings. The van der Waals surface area contributed by atoms with Crippen molar-refractivity contribution in [3.63, 3.8) is 0 Å². The topological polar surface area (TPSA) is 29.5 Å². The number of ether oxygens (including phenoxy) is 1. The summed E-state index contributed by atoms with van der Waals surface area (Å²) in [5.41, 5.74) is 0. The molecule has 0 saturated carbocycles. The third kappa shape index (κ3) is 3.12. The summed E-state index contributed by atoms with van der Waals surface area (Å²) in [6.45, 7) is 3.06. The van der Waals surface area contributed by atoms with Crippen LogP contribution in [0.15, 0.2) is 40.9 Å². The van der Waals surface area contributed by atoms with E-state index in [0.717, 1.165) is 40.4 Å². The summed E-state index contributed by atoms with van der Waals surface area (Å²) in [7, 11) is 0. The molecule has 22 heavy (non-hydrogen) atoms. The van der Waals surface area contributed by atoms with Crippen LogP contribution in [0, 0.1) is 0 Å². The zero-order valence-electron chi connectivity index (χ0n) is 12.7. The van der Waals surface area contributed by atoms with Crippen molar-refractivity contribution in [3.05, 3.63) is 40.9 Å². The van der Waals surface area contributed by atoms with E-state index < -0.39 is 0 Å². The zero-order valence-corrected chi connectivity index (χ0v) is 14.3. The number of halogens is 1. The van der Waals surface area contributed by atoms with Gasteiger partial charge in [-0.2, -0.15) is 0 Å². The van der Waals surface area contributed by atoms with Crippen molar-refractivity contribution in [3.8, 4) is 5.75 Å². The molecule has 3 rings (SSSR count). The second kappa shape index (κ2) is 6.69. The van der Waals surface area contributed by atoms with Crippen molar-refractivity contribution >= 4 is 32.6 Å². The third-order valence-corrected chi connectivity index (χ3v) is 5.12. The minimum absolute atomic E-state index is 0.0762. The predicted molar refractivity (Wildman–Crippen MR) is 92.2 cm³/mol. The van der Waals surface area contributed by atoms with E-state index >= 15 is 0 Å². The first-order valence-corrected chi connectivity index (χ1v) is 8.55. The van der Waals surface area contributed by atoms with Crippen LogP contribution in [-0.2, 0) is 4.79 Å². The normalized spacial score (nSPS) is 18.5. The Labute approximate surface area is 139 Å². The maximum Gasteiger partial charge on any atom is 0.260 e. The summed E-state index contributed by atoms with van der Waals surface area (Å²) >= 11 is 3.59. The molecule has 0 aliphatic carbocycles. The average Bonchev–Trinajstić information content (AvgIpc) is 2.55. The summed E-state index contributed by atoms with van der Waals surface area (Å²) in [6.07, 6.45) is 3.39. The number of hydrogen-bond acceptors (Lipinski definition) is 2. The number of fused-ring (bicyclic) bond motifs is 1. The van der Waals surface area contributed by atoms with Crippen LogP contribution in [0.1, 0.15) is 26.2 Å². The number of carbonyl (C=O) groups excluding carboxylic acids is 1. The molecule has 1 aliphatic rings. The van der Waals surface area contributed by atoms with E-state index in [2.05, 4.69) is 28.9 Å². The van der Waals surface area contributed by atoms with Crippen LogP contribution in [0.3, 0.4) is 0 Å². The van der Waals surface area contributed by atoms with Gasteiger partial charge in [-0.25, -0.2) is 0 Å². The smallest absolute Gasteiger partial charge is 0.260 e. The van der Waals surface area contributed by atoms with Crippen molar-refractivity contribution in [2.24, 2.45) is 0 Å². The molecule has 2 aromatic carbocycles. The molecule has 0 N–H and O–H groups in total. The number of carbonyl (C=O) groups is 1. The number of nitrogens with zero attached hydrogens (tertiary/aromatic N) is 1. The summed E-state index contributed by atoms with van der Waals surface area (Å²) in [5.74, 6) is 0.795. The van der Waals surface area contributed by atoms with Crippen LogP contribution in [0.4, 0.5) is 0 Å². The lowest BCUT2D eigenvalue weighted by molar-refractivity contribution is -0.136. The van der Waals surface area contributed by atoms with E-state index in [1.54, 1.807) is 0 Å². The first-order valence-electron chi connectivity index (χ1n) is 7.76. The monoisotopic (exact) mass is 361 g/mol. The van der Waals surface area contributed by atoms with Crippen LogP contribution in [0.2, 0.25) is 0 Å². The minimum atomic E-state index is 0.0762. The number of amides is 1. The van der Waals surface area contributed by atoms with Gasteiger partial charge in [0.05, 0.1) is 4.47 Å². The molecular weight excluding hydrogens is 342 g/mol. The maximum atomic E-state index is 12.3. The second-order valence-corrected chi connectivity index (χ2v) is 6.61. The zero-order chi connectivity index (χ0) is 15.5. The van der Waals surface area contributed by atoms with E-state index in [-0.39, 0.29) is 12.5 Å². The fourth-order valence-corrected chi connectivity index (χ4v) is 3.62. The van der Waals surface area contributed by atoms with E-state index in [4.69, 9.17) is 4.74 Å². The highest BCUT2D eigenvalue weighted by Gasteiger charge is 2.23. The fraction of sp³-hybridized carbons (Fsp3) is 0.389. The van der Waals surface area contributed by atoms with Gasteiger partial charge in [0, 0.05) is 12.6 Å². The lowest BCUT2D eigenvalue weighted by atomic mass is 10.0. The number of likely N-dealkylation sites (tertiary alicyclic amines) is 1. The van der Waals surface area contributed by atoms with Gasteiger partial charge in [0.15, 0.2) is 6.61 Å². The van der Waals surface area contributed by atoms with Crippen LogP contribution in [0.25, 0.3) is 10.8 Å². The lowest BCUT2D eigenvalue weighted by Crippen LogP contribution is -2.44. The largest absolute Gasteiger partial charge is 0.483 e. The molecule has 116 valence electrons. The standard InChI is InChI=1S/C18H20BrNO2/c1-13-6-4-5-11-20(13)17(21)12-22-16-10-9-14-7-2-3-8-15(14)18(16)19/h2-3,7-10,13H,4-6,11-12H2,1H3/t13-/m0/s1. The number of benzene rings is 2. The second-order valence-electron chi connectivity index (χ2n) is 5.82. The molecule has 1 saturated heterocycles. The fourth-order valence-electron chi connectivity index (χ4n) is 3.02. The molecule has 1 heterocycles. The van der Waals surface area contributed by atoms with Gasteiger partial charge in [-0.1, -0.05) is 30.3 Å². The van der Waals surface area contributed by atoms with Gasteiger partial charge in [0.2, 0.25) is 0 Å². The highest BCUT2D eigenvalue weighted by Crippen LogP contribution is 2.33. The van der Waals surface area contributed by atoms with E-state index in [1.165, 1.54) is 6.42 Å². The van der Waals surface area contributed by atoms with E-state index in [9.17, 15) is 4.79 Å². The van der Waals surface area contributed by atoms with Gasteiger partial charge < -0.3 is 9.64 Å². The molecule has 0 spiro atoms. The van der Waals surface area contributed by atoms with Gasteiger partial charge in [-0.3, -0.25) is 4.79 Å². The van der Waals surface area contributed by atoms with Gasteiger partial charge in [-0.15, -0.1) is 0 Å². The Hall–Kier alpha value is -1.55. The summed E-state index contributed by atoms with van der Waals surface area (Å²) < 4.78 is 6.68. The number of rotatable bonds is 3. The molecule has 2 aromatic rings. The Morgan fingerprint density at radius 1 is 1.27 bits per heavy atom. The van der Waals surface area contributed by atoms with Gasteiger partial charge >= 0.3 is 0 Å². The maximum absolute atomic E-state index is 12.3. The van der Waals surface area contributed by atoms with Crippen LogP contribution in [0.5, 0.6) is 5.75 Å². The molecule has 0 aromatic heterocycles. The molecule has 4 heteroatoms. The molecule has 1 atom stereocenters. The van der Waals surface area contributed by atoms with Crippen molar-refractivity contribution in [1.29, 1.82) is 0 Å². The summed E-state index contributed by atoms with van der Waals surface area (Å²) in [4.78, 5) is 14.3. The van der Waals surface area contributed by atoms with Gasteiger partial charge in [0.25, 0.3) is 5.91 Å². The summed E-state index contributed by atoms with van der Waals surface area (Å²) in [5, 5.41) is 2.25. The number of piperidine rings is 1. The van der Waals surface area contributed by atoms with Crippen LogP contribution >= 0.6 is 15.9 Å². The summed E-state index contributed by atoms with van der Waals surface area (Å²) in [6, 6.07) is 12.4. The van der Waals surface area contributed by atoms with E-state index in [0.29, 0.717) is 6.04 Å². The Balaban J connectivity index is 1.71. The highest BCUT2D eigenvalue weighted by atomic mass is 79.9. The first-order chi connectivity index (χ1) is 10.7.